The standard InChI is InChI=1S/C28H35FN6O4S/c1-6-8-35-15-28(16-35)25-20-11-19(21(29)12-22(20)31-14-24(25)34(4)27(28)36)18-10-23(33-40(5,37)38)26(32-13-18)39-9-7-30-17(2)3/h10-14,17,30,33H,6-9,15-16H2,1-5H3. The van der Waals surface area contributed by atoms with E-state index in [4.69, 9.17) is 4.74 Å². The molecule has 40 heavy (non-hydrogen) atoms. The average molecular weight is 571 g/mol. The molecular weight excluding hydrogens is 535 g/mol. The predicted octanol–water partition coefficient (Wildman–Crippen LogP) is 3.12. The van der Waals surface area contributed by atoms with Crippen molar-refractivity contribution in [1.82, 2.24) is 20.2 Å². The highest BCUT2D eigenvalue weighted by Crippen LogP contribution is 2.50. The fourth-order valence-corrected chi connectivity index (χ4v) is 6.23. The normalized spacial score (nSPS) is 16.6. The van der Waals surface area contributed by atoms with Gasteiger partial charge in [0.2, 0.25) is 21.8 Å². The summed E-state index contributed by atoms with van der Waals surface area (Å²) < 4.78 is 47.9. The molecule has 0 unspecified atom stereocenters. The number of carbonyl (C=O) groups excluding carboxylic acids is 1. The van der Waals surface area contributed by atoms with Gasteiger partial charge >= 0.3 is 0 Å². The van der Waals surface area contributed by atoms with Crippen molar-refractivity contribution < 1.29 is 22.3 Å². The molecule has 2 N–H and O–H groups in total. The molecule has 2 aromatic heterocycles. The molecule has 0 saturated carbocycles. The largest absolute Gasteiger partial charge is 0.475 e. The topological polar surface area (TPSA) is 117 Å². The highest BCUT2D eigenvalue weighted by atomic mass is 32.2. The summed E-state index contributed by atoms with van der Waals surface area (Å²) in [5.41, 5.74) is 2.04. The van der Waals surface area contributed by atoms with Crippen LogP contribution < -0.4 is 19.7 Å². The Kier molecular flexibility index (Phi) is 7.45. The summed E-state index contributed by atoms with van der Waals surface area (Å²) >= 11 is 0. The molecule has 2 aliphatic rings. The minimum atomic E-state index is -3.67. The van der Waals surface area contributed by atoms with Gasteiger partial charge in [0.25, 0.3) is 0 Å². The first-order chi connectivity index (χ1) is 18.9. The van der Waals surface area contributed by atoms with Gasteiger partial charge in [-0.25, -0.2) is 17.8 Å². The van der Waals surface area contributed by atoms with Crippen LogP contribution in [-0.2, 0) is 20.2 Å². The second-order valence-electron chi connectivity index (χ2n) is 10.9. The van der Waals surface area contributed by atoms with Gasteiger partial charge in [-0.1, -0.05) is 20.8 Å². The van der Waals surface area contributed by atoms with Gasteiger partial charge in [-0.15, -0.1) is 0 Å². The van der Waals surface area contributed by atoms with E-state index >= 15 is 4.39 Å². The van der Waals surface area contributed by atoms with Crippen LogP contribution >= 0.6 is 0 Å². The molecule has 10 nitrogen and oxygen atoms in total. The van der Waals surface area contributed by atoms with Crippen LogP contribution in [0.15, 0.2) is 30.6 Å². The molecule has 3 aromatic rings. The van der Waals surface area contributed by atoms with E-state index < -0.39 is 21.3 Å². The summed E-state index contributed by atoms with van der Waals surface area (Å²) in [6, 6.07) is 4.83. The van der Waals surface area contributed by atoms with Crippen LogP contribution in [0.25, 0.3) is 22.0 Å². The number of nitrogens with one attached hydrogen (secondary N) is 2. The number of carbonyl (C=O) groups is 1. The van der Waals surface area contributed by atoms with Gasteiger partial charge in [0, 0.05) is 67.1 Å². The number of rotatable bonds is 10. The number of sulfonamides is 1. The van der Waals surface area contributed by atoms with Crippen molar-refractivity contribution in [3.63, 3.8) is 0 Å². The predicted molar refractivity (Wildman–Crippen MR) is 154 cm³/mol. The molecule has 1 aromatic carbocycles. The van der Waals surface area contributed by atoms with Crippen molar-refractivity contribution in [3.05, 3.63) is 42.0 Å². The van der Waals surface area contributed by atoms with Gasteiger partial charge in [-0.3, -0.25) is 14.5 Å². The minimum Gasteiger partial charge on any atom is -0.475 e. The number of amides is 1. The zero-order chi connectivity index (χ0) is 28.8. The third-order valence-corrected chi connectivity index (χ3v) is 7.96. The first-order valence-electron chi connectivity index (χ1n) is 13.4. The number of hydrogen-bond donors (Lipinski definition) is 2. The fraction of sp³-hybridized carbons (Fsp3) is 0.464. The third kappa shape index (κ3) is 5.11. The van der Waals surface area contributed by atoms with E-state index in [9.17, 15) is 13.2 Å². The van der Waals surface area contributed by atoms with Crippen LogP contribution in [0.5, 0.6) is 5.88 Å². The molecule has 4 heterocycles. The van der Waals surface area contributed by atoms with Crippen molar-refractivity contribution >= 4 is 38.2 Å². The molecule has 1 fully saturated rings. The first-order valence-corrected chi connectivity index (χ1v) is 15.3. The van der Waals surface area contributed by atoms with E-state index in [0.29, 0.717) is 36.1 Å². The van der Waals surface area contributed by atoms with Gasteiger partial charge in [-0.2, -0.15) is 0 Å². The Hall–Kier alpha value is -3.35. The Balaban J connectivity index is 1.58. The molecule has 5 rings (SSSR count). The van der Waals surface area contributed by atoms with E-state index in [2.05, 4.69) is 31.8 Å². The average Bonchev–Trinajstić information content (AvgIpc) is 3.08. The SMILES string of the molecule is CCCN1CC2(C1)C(=O)N(C)c1cnc3cc(F)c(-c4cnc(OCCNC(C)C)c(NS(C)(=O)=O)c4)cc3c12. The lowest BCUT2D eigenvalue weighted by Crippen LogP contribution is -2.63. The minimum absolute atomic E-state index is 0.0183. The Morgan fingerprint density at radius 2 is 1.93 bits per heavy atom. The molecule has 1 saturated heterocycles. The van der Waals surface area contributed by atoms with Crippen molar-refractivity contribution in [2.75, 3.05) is 55.7 Å². The molecule has 1 amide bonds. The number of likely N-dealkylation sites (tertiary alicyclic amines) is 1. The Morgan fingerprint density at radius 1 is 1.18 bits per heavy atom. The molecule has 0 bridgehead atoms. The Morgan fingerprint density at radius 3 is 2.60 bits per heavy atom. The quantitative estimate of drug-likeness (QED) is 0.357. The summed E-state index contributed by atoms with van der Waals surface area (Å²) in [5, 5.41) is 3.92. The summed E-state index contributed by atoms with van der Waals surface area (Å²) in [4.78, 5) is 26.1. The maximum Gasteiger partial charge on any atom is 0.240 e. The Bertz CT molecular complexity index is 1570. The second-order valence-corrected chi connectivity index (χ2v) is 12.7. The highest BCUT2D eigenvalue weighted by Gasteiger charge is 2.57. The smallest absolute Gasteiger partial charge is 0.240 e. The van der Waals surface area contributed by atoms with Crippen LogP contribution in [0.2, 0.25) is 0 Å². The first kappa shape index (κ1) is 28.2. The van der Waals surface area contributed by atoms with Gasteiger partial charge < -0.3 is 19.9 Å². The van der Waals surface area contributed by atoms with Crippen molar-refractivity contribution in [2.45, 2.75) is 38.6 Å². The summed E-state index contributed by atoms with van der Waals surface area (Å²) in [6.45, 7) is 9.04. The third-order valence-electron chi connectivity index (χ3n) is 7.37. The summed E-state index contributed by atoms with van der Waals surface area (Å²) in [7, 11) is -1.92. The number of hydrogen-bond acceptors (Lipinski definition) is 8. The van der Waals surface area contributed by atoms with Crippen molar-refractivity contribution in [1.29, 1.82) is 0 Å². The molecule has 2 aliphatic heterocycles. The summed E-state index contributed by atoms with van der Waals surface area (Å²) in [6.07, 6.45) is 5.12. The fourth-order valence-electron chi connectivity index (χ4n) is 5.69. The lowest BCUT2D eigenvalue weighted by atomic mass is 9.73. The van der Waals surface area contributed by atoms with E-state index in [0.717, 1.165) is 30.5 Å². The number of fused-ring (bicyclic) bond motifs is 4. The van der Waals surface area contributed by atoms with Crippen LogP contribution in [0, 0.1) is 5.82 Å². The molecular formula is C28H35FN6O4S. The van der Waals surface area contributed by atoms with E-state index in [1.165, 1.54) is 18.3 Å². The van der Waals surface area contributed by atoms with Gasteiger partial charge in [-0.05, 0) is 25.1 Å². The van der Waals surface area contributed by atoms with Gasteiger partial charge in [0.05, 0.1) is 23.7 Å². The van der Waals surface area contributed by atoms with E-state index in [1.807, 2.05) is 13.8 Å². The number of pyridine rings is 2. The van der Waals surface area contributed by atoms with E-state index in [1.54, 1.807) is 24.2 Å². The molecule has 0 radical (unpaired) electrons. The number of ether oxygens (including phenoxy) is 1. The lowest BCUT2D eigenvalue weighted by molar-refractivity contribution is -0.129. The number of anilines is 2. The monoisotopic (exact) mass is 570 g/mol. The van der Waals surface area contributed by atoms with E-state index in [-0.39, 0.29) is 35.7 Å². The maximum atomic E-state index is 15.5. The molecule has 214 valence electrons. The van der Waals surface area contributed by atoms with Crippen molar-refractivity contribution in [2.24, 2.45) is 0 Å². The number of halogens is 1. The second kappa shape index (κ2) is 10.6. The number of benzene rings is 1. The lowest BCUT2D eigenvalue weighted by Gasteiger charge is -2.47. The van der Waals surface area contributed by atoms with Crippen LogP contribution in [-0.4, -0.2) is 81.3 Å². The van der Waals surface area contributed by atoms with Gasteiger partial charge in [0.1, 0.15) is 23.5 Å². The number of nitrogens with zero attached hydrogens (tertiary/aromatic N) is 4. The van der Waals surface area contributed by atoms with Gasteiger partial charge in [0.15, 0.2) is 0 Å². The number of aromatic nitrogens is 2. The summed E-state index contributed by atoms with van der Waals surface area (Å²) in [5.74, 6) is -0.417. The van der Waals surface area contributed by atoms with Crippen molar-refractivity contribution in [3.8, 4) is 17.0 Å². The maximum absolute atomic E-state index is 15.5. The van der Waals surface area contributed by atoms with Crippen LogP contribution in [0.4, 0.5) is 15.8 Å². The Labute approximate surface area is 234 Å². The molecule has 0 atom stereocenters. The molecule has 1 spiro atoms. The molecule has 0 aliphatic carbocycles. The number of likely N-dealkylation sites (N-methyl/N-ethyl adjacent to an activating group) is 1. The molecule has 12 heteroatoms. The zero-order valence-electron chi connectivity index (χ0n) is 23.4. The zero-order valence-corrected chi connectivity index (χ0v) is 24.2. The van der Waals surface area contributed by atoms with Crippen LogP contribution in [0.1, 0.15) is 32.8 Å². The highest BCUT2D eigenvalue weighted by molar-refractivity contribution is 7.92. The van der Waals surface area contributed by atoms with Crippen LogP contribution in [0.3, 0.4) is 0 Å².